The zero-order valence-electron chi connectivity index (χ0n) is 17.1. The van der Waals surface area contributed by atoms with E-state index in [1.807, 2.05) is 41.6 Å². The summed E-state index contributed by atoms with van der Waals surface area (Å²) in [6.07, 6.45) is 6.33. The fourth-order valence-electron chi connectivity index (χ4n) is 3.51. The molecule has 0 bridgehead atoms. The van der Waals surface area contributed by atoms with E-state index in [0.29, 0.717) is 36.2 Å². The first-order valence-electron chi connectivity index (χ1n) is 10.5. The largest absolute Gasteiger partial charge is 0.492 e. The summed E-state index contributed by atoms with van der Waals surface area (Å²) < 4.78 is 7.89. The second-order valence-electron chi connectivity index (χ2n) is 7.56. The van der Waals surface area contributed by atoms with Gasteiger partial charge in [-0.15, -0.1) is 11.3 Å². The molecule has 1 saturated carbocycles. The summed E-state index contributed by atoms with van der Waals surface area (Å²) in [5.41, 5.74) is 1.82. The highest BCUT2D eigenvalue weighted by atomic mass is 32.1. The van der Waals surface area contributed by atoms with Gasteiger partial charge in [0.2, 0.25) is 0 Å². The van der Waals surface area contributed by atoms with Gasteiger partial charge >= 0.3 is 0 Å². The van der Waals surface area contributed by atoms with Crippen LogP contribution in [0.15, 0.2) is 29.8 Å². The molecule has 29 heavy (non-hydrogen) atoms. The standard InChI is InChI=1S/C22H28N4O2S/c1-3-5-12-25(22(27)20-18(28-4-2)10-13-29-20)15-19-24-17-7-6-11-23-21(17)26(19)14-16-8-9-16/h6-7,10-11,13,16H,3-5,8-9,12,14-15H2,1-2H3. The summed E-state index contributed by atoms with van der Waals surface area (Å²) in [5.74, 6) is 2.33. The van der Waals surface area contributed by atoms with Crippen LogP contribution in [0.4, 0.5) is 0 Å². The average molecular weight is 413 g/mol. The average Bonchev–Trinajstić information content (AvgIpc) is 3.32. The number of hydrogen-bond acceptors (Lipinski definition) is 5. The third-order valence-electron chi connectivity index (χ3n) is 5.24. The maximum atomic E-state index is 13.4. The molecule has 4 rings (SSSR count). The van der Waals surface area contributed by atoms with Crippen molar-refractivity contribution in [1.82, 2.24) is 19.4 Å². The number of pyridine rings is 1. The Bertz CT molecular complexity index is 976. The molecular formula is C22H28N4O2S. The molecule has 0 saturated heterocycles. The molecule has 0 radical (unpaired) electrons. The maximum Gasteiger partial charge on any atom is 0.268 e. The highest BCUT2D eigenvalue weighted by Gasteiger charge is 2.27. The second-order valence-corrected chi connectivity index (χ2v) is 8.47. The number of thiophene rings is 1. The van der Waals surface area contributed by atoms with Crippen LogP contribution in [0.1, 0.15) is 55.0 Å². The van der Waals surface area contributed by atoms with E-state index in [9.17, 15) is 4.79 Å². The normalized spacial score (nSPS) is 13.7. The summed E-state index contributed by atoms with van der Waals surface area (Å²) in [6.45, 7) is 6.76. The zero-order valence-corrected chi connectivity index (χ0v) is 18.0. The molecule has 1 aliphatic carbocycles. The summed E-state index contributed by atoms with van der Waals surface area (Å²) >= 11 is 1.44. The van der Waals surface area contributed by atoms with E-state index in [0.717, 1.165) is 36.4 Å². The van der Waals surface area contributed by atoms with Crippen LogP contribution in [0.3, 0.4) is 0 Å². The Morgan fingerprint density at radius 1 is 1.34 bits per heavy atom. The Hall–Kier alpha value is -2.41. The molecule has 154 valence electrons. The van der Waals surface area contributed by atoms with Gasteiger partial charge in [0.1, 0.15) is 22.0 Å². The third kappa shape index (κ3) is 4.45. The molecule has 3 aromatic rings. The van der Waals surface area contributed by atoms with Gasteiger partial charge in [0.25, 0.3) is 5.91 Å². The quantitative estimate of drug-likeness (QED) is 0.482. The van der Waals surface area contributed by atoms with Gasteiger partial charge in [-0.25, -0.2) is 9.97 Å². The number of rotatable bonds is 10. The van der Waals surface area contributed by atoms with Gasteiger partial charge in [-0.2, -0.15) is 0 Å². The zero-order chi connectivity index (χ0) is 20.2. The minimum Gasteiger partial charge on any atom is -0.492 e. The van der Waals surface area contributed by atoms with E-state index in [1.54, 1.807) is 0 Å². The highest BCUT2D eigenvalue weighted by molar-refractivity contribution is 7.12. The lowest BCUT2D eigenvalue weighted by molar-refractivity contribution is 0.0736. The molecule has 1 aliphatic rings. The summed E-state index contributed by atoms with van der Waals surface area (Å²) in [7, 11) is 0. The number of unbranched alkanes of at least 4 members (excludes halogenated alkanes) is 1. The lowest BCUT2D eigenvalue weighted by Gasteiger charge is -2.23. The van der Waals surface area contributed by atoms with E-state index in [2.05, 4.69) is 16.5 Å². The van der Waals surface area contributed by atoms with Gasteiger partial charge in [0.05, 0.1) is 13.2 Å². The fraction of sp³-hybridized carbons (Fsp3) is 0.500. The number of imidazole rings is 1. The van der Waals surface area contributed by atoms with Crippen molar-refractivity contribution in [2.45, 2.75) is 52.6 Å². The van der Waals surface area contributed by atoms with Gasteiger partial charge < -0.3 is 14.2 Å². The van der Waals surface area contributed by atoms with Crippen LogP contribution in [0, 0.1) is 5.92 Å². The van der Waals surface area contributed by atoms with E-state index in [-0.39, 0.29) is 5.91 Å². The number of hydrogen-bond donors (Lipinski definition) is 0. The van der Waals surface area contributed by atoms with Crippen LogP contribution in [0.2, 0.25) is 0 Å². The summed E-state index contributed by atoms with van der Waals surface area (Å²) in [4.78, 5) is 25.4. The molecule has 0 unspecified atom stereocenters. The number of carbonyl (C=O) groups is 1. The second kappa shape index (κ2) is 8.95. The van der Waals surface area contributed by atoms with Crippen molar-refractivity contribution < 1.29 is 9.53 Å². The molecule has 0 spiro atoms. The number of ether oxygens (including phenoxy) is 1. The molecule has 3 aromatic heterocycles. The van der Waals surface area contributed by atoms with Crippen LogP contribution in [0.25, 0.3) is 11.2 Å². The lowest BCUT2D eigenvalue weighted by atomic mass is 10.2. The molecule has 6 nitrogen and oxygen atoms in total. The Kier molecular flexibility index (Phi) is 6.13. The van der Waals surface area contributed by atoms with Crippen molar-refractivity contribution in [3.05, 3.63) is 40.5 Å². The van der Waals surface area contributed by atoms with Crippen molar-refractivity contribution >= 4 is 28.4 Å². The first kappa shape index (κ1) is 19.9. The van der Waals surface area contributed by atoms with Gasteiger partial charge in [-0.1, -0.05) is 13.3 Å². The van der Waals surface area contributed by atoms with Crippen molar-refractivity contribution in [2.24, 2.45) is 5.92 Å². The van der Waals surface area contributed by atoms with E-state index < -0.39 is 0 Å². The molecule has 3 heterocycles. The number of nitrogens with zero attached hydrogens (tertiary/aromatic N) is 4. The van der Waals surface area contributed by atoms with Crippen molar-refractivity contribution in [1.29, 1.82) is 0 Å². The summed E-state index contributed by atoms with van der Waals surface area (Å²) in [5, 5.41) is 1.92. The lowest BCUT2D eigenvalue weighted by Crippen LogP contribution is -2.32. The molecule has 7 heteroatoms. The highest BCUT2D eigenvalue weighted by Crippen LogP contribution is 2.33. The fourth-order valence-corrected chi connectivity index (χ4v) is 4.32. The smallest absolute Gasteiger partial charge is 0.268 e. The van der Waals surface area contributed by atoms with E-state index in [4.69, 9.17) is 9.72 Å². The first-order chi connectivity index (χ1) is 14.2. The van der Waals surface area contributed by atoms with Crippen LogP contribution < -0.4 is 4.74 Å². The van der Waals surface area contributed by atoms with Gasteiger partial charge in [-0.3, -0.25) is 4.79 Å². The van der Waals surface area contributed by atoms with E-state index >= 15 is 0 Å². The van der Waals surface area contributed by atoms with Crippen LogP contribution in [-0.2, 0) is 13.1 Å². The Labute approximate surface area is 175 Å². The molecule has 1 amide bonds. The first-order valence-corrected chi connectivity index (χ1v) is 11.4. The predicted molar refractivity (Wildman–Crippen MR) is 115 cm³/mol. The van der Waals surface area contributed by atoms with E-state index in [1.165, 1.54) is 24.2 Å². The number of amides is 1. The van der Waals surface area contributed by atoms with Gasteiger partial charge in [0.15, 0.2) is 5.65 Å². The summed E-state index contributed by atoms with van der Waals surface area (Å²) in [6, 6.07) is 5.80. The van der Waals surface area contributed by atoms with Gasteiger partial charge in [0, 0.05) is 19.3 Å². The Morgan fingerprint density at radius 2 is 2.21 bits per heavy atom. The van der Waals surface area contributed by atoms with Crippen LogP contribution >= 0.6 is 11.3 Å². The monoisotopic (exact) mass is 412 g/mol. The molecule has 0 atom stereocenters. The molecule has 0 aromatic carbocycles. The third-order valence-corrected chi connectivity index (χ3v) is 6.13. The number of aromatic nitrogens is 3. The Morgan fingerprint density at radius 3 is 2.97 bits per heavy atom. The number of carbonyl (C=O) groups excluding carboxylic acids is 1. The molecule has 1 fully saturated rings. The molecule has 0 aliphatic heterocycles. The topological polar surface area (TPSA) is 60.2 Å². The minimum absolute atomic E-state index is 0.0230. The minimum atomic E-state index is 0.0230. The Balaban J connectivity index is 1.64. The maximum absolute atomic E-state index is 13.4. The molecule has 0 N–H and O–H groups in total. The van der Waals surface area contributed by atoms with Crippen LogP contribution in [0.5, 0.6) is 5.75 Å². The van der Waals surface area contributed by atoms with Gasteiger partial charge in [-0.05, 0) is 55.7 Å². The number of fused-ring (bicyclic) bond motifs is 1. The van der Waals surface area contributed by atoms with Crippen LogP contribution in [-0.4, -0.2) is 38.5 Å². The van der Waals surface area contributed by atoms with Crippen molar-refractivity contribution in [2.75, 3.05) is 13.2 Å². The molecular weight excluding hydrogens is 384 g/mol. The predicted octanol–water partition coefficient (Wildman–Crippen LogP) is 4.74. The van der Waals surface area contributed by atoms with Crippen molar-refractivity contribution in [3.63, 3.8) is 0 Å². The van der Waals surface area contributed by atoms with Crippen molar-refractivity contribution in [3.8, 4) is 5.75 Å². The SMILES string of the molecule is CCCCN(Cc1nc2cccnc2n1CC1CC1)C(=O)c1sccc1OCC.